The molecule has 0 aromatic carbocycles. The van der Waals surface area contributed by atoms with Gasteiger partial charge < -0.3 is 14.5 Å². The lowest BCUT2D eigenvalue weighted by atomic mass is 10.1. The predicted octanol–water partition coefficient (Wildman–Crippen LogP) is 2.35. The van der Waals surface area contributed by atoms with Gasteiger partial charge in [-0.15, -0.1) is 0 Å². The first-order valence-corrected chi connectivity index (χ1v) is 9.01. The molecule has 2 aromatic rings. The molecule has 1 saturated carbocycles. The normalized spacial score (nSPS) is 21.8. The number of aromatic nitrogens is 4. The van der Waals surface area contributed by atoms with Gasteiger partial charge in [-0.3, -0.25) is 9.36 Å². The average Bonchev–Trinajstić information content (AvgIpc) is 3.30. The van der Waals surface area contributed by atoms with E-state index in [1.54, 1.807) is 4.57 Å². The summed E-state index contributed by atoms with van der Waals surface area (Å²) in [4.78, 5) is 25.3. The fraction of sp³-hybridized carbons (Fsp3) is 0.706. The Morgan fingerprint density at radius 2 is 2.12 bits per heavy atom. The second kappa shape index (κ2) is 6.55. The van der Waals surface area contributed by atoms with Crippen LogP contribution in [0.3, 0.4) is 0 Å². The molecule has 1 saturated heterocycles. The minimum atomic E-state index is -0.0903. The highest BCUT2D eigenvalue weighted by Gasteiger charge is 2.25. The third-order valence-corrected chi connectivity index (χ3v) is 4.94. The van der Waals surface area contributed by atoms with E-state index in [4.69, 9.17) is 9.47 Å². The van der Waals surface area contributed by atoms with Gasteiger partial charge in [0.1, 0.15) is 11.9 Å². The van der Waals surface area contributed by atoms with E-state index in [0.717, 1.165) is 31.5 Å². The highest BCUT2D eigenvalue weighted by atomic mass is 16.6. The Kier molecular flexibility index (Phi) is 4.26. The lowest BCUT2D eigenvalue weighted by Gasteiger charge is -2.15. The number of imidazole rings is 1. The third-order valence-electron chi connectivity index (χ3n) is 4.94. The van der Waals surface area contributed by atoms with Crippen LogP contribution in [-0.2, 0) is 11.3 Å². The predicted molar refractivity (Wildman–Crippen MR) is 89.5 cm³/mol. The molecule has 1 aliphatic heterocycles. The van der Waals surface area contributed by atoms with E-state index < -0.39 is 0 Å². The van der Waals surface area contributed by atoms with Gasteiger partial charge in [0.05, 0.1) is 13.2 Å². The summed E-state index contributed by atoms with van der Waals surface area (Å²) in [6.07, 6.45) is 6.35. The van der Waals surface area contributed by atoms with Crippen LogP contribution in [0.1, 0.15) is 57.2 Å². The molecular formula is C17H24N4O3. The Labute approximate surface area is 140 Å². The maximum atomic E-state index is 12.9. The highest BCUT2D eigenvalue weighted by Crippen LogP contribution is 2.33. The lowest BCUT2D eigenvalue weighted by Crippen LogP contribution is -2.27. The molecule has 130 valence electrons. The van der Waals surface area contributed by atoms with Gasteiger partial charge in [0.2, 0.25) is 0 Å². The van der Waals surface area contributed by atoms with E-state index in [-0.39, 0.29) is 11.7 Å². The zero-order valence-corrected chi connectivity index (χ0v) is 14.1. The topological polar surface area (TPSA) is 82.0 Å². The van der Waals surface area contributed by atoms with Crippen molar-refractivity contribution in [1.82, 2.24) is 19.5 Å². The van der Waals surface area contributed by atoms with Crippen molar-refractivity contribution in [3.8, 4) is 6.01 Å². The molecule has 1 N–H and O–H groups in total. The highest BCUT2D eigenvalue weighted by molar-refractivity contribution is 5.70. The number of hydrogen-bond acceptors (Lipinski definition) is 5. The maximum absolute atomic E-state index is 12.9. The Hall–Kier alpha value is -1.89. The molecule has 0 radical (unpaired) electrons. The number of ether oxygens (including phenoxy) is 2. The summed E-state index contributed by atoms with van der Waals surface area (Å²) < 4.78 is 12.9. The van der Waals surface area contributed by atoms with Gasteiger partial charge in [0.25, 0.3) is 5.56 Å². The smallest absolute Gasteiger partial charge is 0.301 e. The van der Waals surface area contributed by atoms with Gasteiger partial charge in [0, 0.05) is 18.9 Å². The van der Waals surface area contributed by atoms with Gasteiger partial charge in [-0.05, 0) is 19.3 Å². The van der Waals surface area contributed by atoms with Crippen LogP contribution in [0.4, 0.5) is 0 Å². The van der Waals surface area contributed by atoms with E-state index in [2.05, 4.69) is 15.0 Å². The number of rotatable bonds is 5. The molecule has 4 rings (SSSR count). The monoisotopic (exact) mass is 332 g/mol. The SMILES string of the molecule is CCCn1c(O[C@H]2CCOC2)nc2nc(C3CCCC3)[nH]c2c1=O. The van der Waals surface area contributed by atoms with Crippen molar-refractivity contribution in [2.75, 3.05) is 13.2 Å². The fourth-order valence-electron chi connectivity index (χ4n) is 3.64. The molecule has 2 aliphatic rings. The number of nitrogens with one attached hydrogen (secondary N) is 1. The fourth-order valence-corrected chi connectivity index (χ4v) is 3.64. The summed E-state index contributed by atoms with van der Waals surface area (Å²) in [5, 5.41) is 0. The van der Waals surface area contributed by atoms with E-state index >= 15 is 0 Å². The first-order valence-electron chi connectivity index (χ1n) is 9.01. The van der Waals surface area contributed by atoms with Crippen LogP contribution in [0.5, 0.6) is 6.01 Å². The van der Waals surface area contributed by atoms with Gasteiger partial charge in [-0.25, -0.2) is 4.98 Å². The lowest BCUT2D eigenvalue weighted by molar-refractivity contribution is 0.129. The summed E-state index contributed by atoms with van der Waals surface area (Å²) in [7, 11) is 0. The molecule has 1 atom stereocenters. The van der Waals surface area contributed by atoms with Crippen molar-refractivity contribution in [3.05, 3.63) is 16.2 Å². The maximum Gasteiger partial charge on any atom is 0.301 e. The molecule has 0 unspecified atom stereocenters. The molecule has 0 amide bonds. The van der Waals surface area contributed by atoms with Crippen molar-refractivity contribution in [3.63, 3.8) is 0 Å². The number of hydrogen-bond donors (Lipinski definition) is 1. The zero-order chi connectivity index (χ0) is 16.5. The van der Waals surface area contributed by atoms with Gasteiger partial charge >= 0.3 is 6.01 Å². The van der Waals surface area contributed by atoms with Crippen LogP contribution in [0.2, 0.25) is 0 Å². The minimum absolute atomic E-state index is 0.0364. The molecule has 1 aliphatic carbocycles. The number of fused-ring (bicyclic) bond motifs is 1. The van der Waals surface area contributed by atoms with Crippen LogP contribution in [0, 0.1) is 0 Å². The molecule has 0 spiro atoms. The number of nitrogens with zero attached hydrogens (tertiary/aromatic N) is 3. The third kappa shape index (κ3) is 2.81. The van der Waals surface area contributed by atoms with E-state index in [1.165, 1.54) is 12.8 Å². The van der Waals surface area contributed by atoms with Crippen LogP contribution in [0.15, 0.2) is 4.79 Å². The van der Waals surface area contributed by atoms with Crippen LogP contribution in [0.25, 0.3) is 11.2 Å². The summed E-state index contributed by atoms with van der Waals surface area (Å²) in [6.45, 7) is 3.87. The van der Waals surface area contributed by atoms with E-state index in [0.29, 0.717) is 42.9 Å². The first kappa shape index (κ1) is 15.6. The van der Waals surface area contributed by atoms with Crippen LogP contribution >= 0.6 is 0 Å². The molecular weight excluding hydrogens is 308 g/mol. The molecule has 0 bridgehead atoms. The van der Waals surface area contributed by atoms with E-state index in [9.17, 15) is 4.79 Å². The van der Waals surface area contributed by atoms with Gasteiger partial charge in [-0.1, -0.05) is 19.8 Å². The molecule has 3 heterocycles. The molecule has 2 aromatic heterocycles. The van der Waals surface area contributed by atoms with Gasteiger partial charge in [0.15, 0.2) is 11.2 Å². The van der Waals surface area contributed by atoms with Crippen molar-refractivity contribution in [1.29, 1.82) is 0 Å². The second-order valence-corrected chi connectivity index (χ2v) is 6.76. The standard InChI is InChI=1S/C17H24N4O3/c1-2-8-21-16(22)13-15(19-14(18-13)11-5-3-4-6-11)20-17(21)24-12-7-9-23-10-12/h11-12H,2-10H2,1H3,(H,18,19)/t12-/m0/s1. The summed E-state index contributed by atoms with van der Waals surface area (Å²) in [6, 6.07) is 0.370. The van der Waals surface area contributed by atoms with Gasteiger partial charge in [-0.2, -0.15) is 4.98 Å². The summed E-state index contributed by atoms with van der Waals surface area (Å²) in [5.41, 5.74) is 0.885. The Morgan fingerprint density at radius 1 is 1.29 bits per heavy atom. The van der Waals surface area contributed by atoms with Crippen molar-refractivity contribution >= 4 is 11.2 Å². The molecule has 7 heteroatoms. The number of aromatic amines is 1. The summed E-state index contributed by atoms with van der Waals surface area (Å²) >= 11 is 0. The molecule has 7 nitrogen and oxygen atoms in total. The first-order chi connectivity index (χ1) is 11.8. The zero-order valence-electron chi connectivity index (χ0n) is 14.1. The Balaban J connectivity index is 1.75. The second-order valence-electron chi connectivity index (χ2n) is 6.76. The molecule has 2 fully saturated rings. The quantitative estimate of drug-likeness (QED) is 0.909. The van der Waals surface area contributed by atoms with Crippen molar-refractivity contribution < 1.29 is 9.47 Å². The Morgan fingerprint density at radius 3 is 2.83 bits per heavy atom. The largest absolute Gasteiger partial charge is 0.459 e. The van der Waals surface area contributed by atoms with Crippen LogP contribution in [-0.4, -0.2) is 38.8 Å². The minimum Gasteiger partial charge on any atom is -0.459 e. The Bertz CT molecular complexity index is 770. The van der Waals surface area contributed by atoms with Crippen LogP contribution < -0.4 is 10.3 Å². The summed E-state index contributed by atoms with van der Waals surface area (Å²) in [5.74, 6) is 1.32. The molecule has 24 heavy (non-hydrogen) atoms. The number of H-pyrrole nitrogens is 1. The van der Waals surface area contributed by atoms with E-state index in [1.807, 2.05) is 6.92 Å². The van der Waals surface area contributed by atoms with Crippen molar-refractivity contribution in [2.45, 2.75) is 64.0 Å². The average molecular weight is 332 g/mol. The van der Waals surface area contributed by atoms with Crippen molar-refractivity contribution in [2.24, 2.45) is 0 Å².